The van der Waals surface area contributed by atoms with Gasteiger partial charge in [0.15, 0.2) is 0 Å². The monoisotopic (exact) mass is 328 g/mol. The maximum atomic E-state index is 12.7. The number of likely N-dealkylation sites (N-methyl/N-ethyl adjacent to an activating group) is 1. The van der Waals surface area contributed by atoms with E-state index in [1.165, 1.54) is 32.4 Å². The molecule has 0 aliphatic carbocycles. The largest absolute Gasteiger partial charge is 0.378 e. The van der Waals surface area contributed by atoms with Crippen LogP contribution in [0.1, 0.15) is 29.8 Å². The minimum atomic E-state index is 0.0645. The lowest BCUT2D eigenvalue weighted by Crippen LogP contribution is -2.38. The Balaban J connectivity index is 1.66. The van der Waals surface area contributed by atoms with Crippen molar-refractivity contribution in [1.82, 2.24) is 14.8 Å². The standard InChI is InChI=1S/C19H28N4O/c1-21(2)16-8-7-15-13-18(20-17(15)14-16)19(24)22(3)11-12-23-9-5-4-6-10-23/h7-8,13-14,20H,4-6,9-12H2,1-3H3. The molecule has 5 nitrogen and oxygen atoms in total. The van der Waals surface area contributed by atoms with E-state index in [1.54, 1.807) is 0 Å². The molecule has 130 valence electrons. The molecule has 3 rings (SSSR count). The summed E-state index contributed by atoms with van der Waals surface area (Å²) in [5, 5.41) is 1.08. The number of nitrogens with zero attached hydrogens (tertiary/aromatic N) is 3. The second-order valence-corrected chi connectivity index (χ2v) is 6.98. The number of nitrogens with one attached hydrogen (secondary N) is 1. The van der Waals surface area contributed by atoms with Crippen molar-refractivity contribution in [3.8, 4) is 0 Å². The van der Waals surface area contributed by atoms with Gasteiger partial charge in [-0.1, -0.05) is 12.5 Å². The second kappa shape index (κ2) is 7.26. The first-order chi connectivity index (χ1) is 11.5. The van der Waals surface area contributed by atoms with Gasteiger partial charge in [-0.15, -0.1) is 0 Å². The summed E-state index contributed by atoms with van der Waals surface area (Å²) >= 11 is 0. The van der Waals surface area contributed by atoms with E-state index in [2.05, 4.69) is 33.0 Å². The van der Waals surface area contributed by atoms with Crippen LogP contribution in [0.15, 0.2) is 24.3 Å². The normalized spacial score (nSPS) is 15.6. The summed E-state index contributed by atoms with van der Waals surface area (Å²) in [5.41, 5.74) is 2.80. The van der Waals surface area contributed by atoms with Gasteiger partial charge in [0.05, 0.1) is 0 Å². The van der Waals surface area contributed by atoms with Crippen LogP contribution in [0.5, 0.6) is 0 Å². The van der Waals surface area contributed by atoms with Gasteiger partial charge in [0, 0.05) is 50.8 Å². The zero-order chi connectivity index (χ0) is 17.1. The van der Waals surface area contributed by atoms with Crippen molar-refractivity contribution in [2.24, 2.45) is 0 Å². The third-order valence-electron chi connectivity index (χ3n) is 4.90. The Bertz CT molecular complexity index is 700. The van der Waals surface area contributed by atoms with Crippen molar-refractivity contribution < 1.29 is 4.79 Å². The molecule has 0 unspecified atom stereocenters. The number of H-pyrrole nitrogens is 1. The Kier molecular flexibility index (Phi) is 5.09. The van der Waals surface area contributed by atoms with Gasteiger partial charge in [-0.3, -0.25) is 4.79 Å². The van der Waals surface area contributed by atoms with Crippen LogP contribution in [0, 0.1) is 0 Å². The molecule has 0 saturated carbocycles. The highest BCUT2D eigenvalue weighted by molar-refractivity contribution is 5.98. The van der Waals surface area contributed by atoms with E-state index in [0.717, 1.165) is 29.7 Å². The molecule has 2 heterocycles. The van der Waals surface area contributed by atoms with Crippen molar-refractivity contribution in [2.45, 2.75) is 19.3 Å². The first-order valence-corrected chi connectivity index (χ1v) is 8.82. The average molecular weight is 328 g/mol. The zero-order valence-electron chi connectivity index (χ0n) is 15.0. The smallest absolute Gasteiger partial charge is 0.270 e. The molecule has 1 aliphatic heterocycles. The Hall–Kier alpha value is -2.01. The van der Waals surface area contributed by atoms with Crippen LogP contribution < -0.4 is 4.90 Å². The fraction of sp³-hybridized carbons (Fsp3) is 0.526. The van der Waals surface area contributed by atoms with Gasteiger partial charge in [-0.2, -0.15) is 0 Å². The molecule has 0 atom stereocenters. The minimum Gasteiger partial charge on any atom is -0.378 e. The first kappa shape index (κ1) is 16.8. The molecule has 1 aromatic carbocycles. The molecule has 1 aliphatic rings. The maximum absolute atomic E-state index is 12.7. The number of hydrogen-bond acceptors (Lipinski definition) is 3. The molecule has 1 N–H and O–H groups in total. The topological polar surface area (TPSA) is 42.6 Å². The average Bonchev–Trinajstić information content (AvgIpc) is 3.03. The highest BCUT2D eigenvalue weighted by Crippen LogP contribution is 2.22. The number of carbonyl (C=O) groups excluding carboxylic acids is 1. The van der Waals surface area contributed by atoms with Crippen LogP contribution in [0.3, 0.4) is 0 Å². The van der Waals surface area contributed by atoms with E-state index in [0.29, 0.717) is 5.69 Å². The van der Waals surface area contributed by atoms with Crippen LogP contribution in [0.4, 0.5) is 5.69 Å². The molecule has 1 aromatic heterocycles. The Morgan fingerprint density at radius 3 is 2.58 bits per heavy atom. The number of amides is 1. The summed E-state index contributed by atoms with van der Waals surface area (Å²) in [5.74, 6) is 0.0645. The second-order valence-electron chi connectivity index (χ2n) is 6.98. The molecular formula is C19H28N4O. The lowest BCUT2D eigenvalue weighted by atomic mass is 10.1. The van der Waals surface area contributed by atoms with Crippen LogP contribution in [0.2, 0.25) is 0 Å². The van der Waals surface area contributed by atoms with Gasteiger partial charge < -0.3 is 19.7 Å². The van der Waals surface area contributed by atoms with Crippen molar-refractivity contribution >= 4 is 22.5 Å². The Morgan fingerprint density at radius 1 is 1.12 bits per heavy atom. The van der Waals surface area contributed by atoms with Gasteiger partial charge >= 0.3 is 0 Å². The Labute approximate surface area is 144 Å². The summed E-state index contributed by atoms with van der Waals surface area (Å²) in [6.07, 6.45) is 3.91. The number of benzene rings is 1. The number of rotatable bonds is 5. The number of fused-ring (bicyclic) bond motifs is 1. The van der Waals surface area contributed by atoms with Crippen molar-refractivity contribution in [3.63, 3.8) is 0 Å². The summed E-state index contributed by atoms with van der Waals surface area (Å²) < 4.78 is 0. The Morgan fingerprint density at radius 2 is 1.88 bits per heavy atom. The fourth-order valence-electron chi connectivity index (χ4n) is 3.29. The first-order valence-electron chi connectivity index (χ1n) is 8.82. The number of likely N-dealkylation sites (tertiary alicyclic amines) is 1. The summed E-state index contributed by atoms with van der Waals surface area (Å²) in [6, 6.07) is 8.17. The number of hydrogen-bond donors (Lipinski definition) is 1. The predicted octanol–water partition coefficient (Wildman–Crippen LogP) is 2.79. The molecule has 0 bridgehead atoms. The van der Waals surface area contributed by atoms with Crippen LogP contribution in [-0.4, -0.2) is 68.0 Å². The molecule has 1 fully saturated rings. The van der Waals surface area contributed by atoms with E-state index in [1.807, 2.05) is 32.1 Å². The fourth-order valence-corrected chi connectivity index (χ4v) is 3.29. The van der Waals surface area contributed by atoms with Crippen molar-refractivity contribution in [1.29, 1.82) is 0 Å². The zero-order valence-corrected chi connectivity index (χ0v) is 15.0. The minimum absolute atomic E-state index is 0.0645. The van der Waals surface area contributed by atoms with E-state index in [-0.39, 0.29) is 5.91 Å². The molecule has 0 spiro atoms. The number of aromatic nitrogens is 1. The van der Waals surface area contributed by atoms with E-state index in [9.17, 15) is 4.79 Å². The third-order valence-corrected chi connectivity index (χ3v) is 4.90. The van der Waals surface area contributed by atoms with Crippen LogP contribution in [-0.2, 0) is 0 Å². The lowest BCUT2D eigenvalue weighted by molar-refractivity contribution is 0.0768. The highest BCUT2D eigenvalue weighted by Gasteiger charge is 2.16. The number of carbonyl (C=O) groups is 1. The van der Waals surface area contributed by atoms with Crippen LogP contribution in [0.25, 0.3) is 10.9 Å². The van der Waals surface area contributed by atoms with Gasteiger partial charge in [-0.25, -0.2) is 0 Å². The lowest BCUT2D eigenvalue weighted by Gasteiger charge is -2.28. The molecule has 1 amide bonds. The van der Waals surface area contributed by atoms with Gasteiger partial charge in [0.25, 0.3) is 5.91 Å². The SMILES string of the molecule is CN(CCN1CCCCC1)C(=O)c1cc2ccc(N(C)C)cc2[nH]1. The molecule has 24 heavy (non-hydrogen) atoms. The van der Waals surface area contributed by atoms with E-state index in [4.69, 9.17) is 0 Å². The van der Waals surface area contributed by atoms with Gasteiger partial charge in [0.2, 0.25) is 0 Å². The van der Waals surface area contributed by atoms with E-state index >= 15 is 0 Å². The predicted molar refractivity (Wildman–Crippen MR) is 99.9 cm³/mol. The molecule has 5 heteroatoms. The number of anilines is 1. The molecule has 0 radical (unpaired) electrons. The quantitative estimate of drug-likeness (QED) is 0.918. The molecular weight excluding hydrogens is 300 g/mol. The summed E-state index contributed by atoms with van der Waals surface area (Å²) in [6.45, 7) is 4.08. The number of aromatic amines is 1. The van der Waals surface area contributed by atoms with Crippen LogP contribution >= 0.6 is 0 Å². The summed E-state index contributed by atoms with van der Waals surface area (Å²) in [4.78, 5) is 22.3. The maximum Gasteiger partial charge on any atom is 0.270 e. The van der Waals surface area contributed by atoms with E-state index < -0.39 is 0 Å². The van der Waals surface area contributed by atoms with Crippen molar-refractivity contribution in [2.75, 3.05) is 52.2 Å². The van der Waals surface area contributed by atoms with Gasteiger partial charge in [-0.05, 0) is 44.1 Å². The summed E-state index contributed by atoms with van der Waals surface area (Å²) in [7, 11) is 5.93. The molecule has 1 saturated heterocycles. The van der Waals surface area contributed by atoms with Crippen molar-refractivity contribution in [3.05, 3.63) is 30.0 Å². The molecule has 2 aromatic rings. The number of piperidine rings is 1. The van der Waals surface area contributed by atoms with Gasteiger partial charge in [0.1, 0.15) is 5.69 Å². The highest BCUT2D eigenvalue weighted by atomic mass is 16.2. The third kappa shape index (κ3) is 3.73.